The summed E-state index contributed by atoms with van der Waals surface area (Å²) in [5, 5.41) is 5.93. The van der Waals surface area contributed by atoms with Crippen molar-refractivity contribution in [2.45, 2.75) is 6.92 Å². The third kappa shape index (κ3) is 1.38. The number of aryl methyl sites for hydroxylation is 1. The number of nitrogens with one attached hydrogen (secondary N) is 1. The number of rotatable bonds is 0. The molecule has 4 heteroatoms. The molecule has 1 heterocycles. The molecular weight excluding hydrogens is 184 g/mol. The number of nitrogens with zero attached hydrogens (tertiary/aromatic N) is 1. The molecule has 0 fully saturated rings. The Labute approximate surface area is 60.2 Å². The normalized spacial score (nSPS) is 9.56. The highest BCUT2D eigenvalue weighted by Crippen LogP contribution is 2.00. The minimum absolute atomic E-state index is 0.141. The van der Waals surface area contributed by atoms with Gasteiger partial charge in [-0.3, -0.25) is 4.79 Å². The third-order valence-corrected chi connectivity index (χ3v) is 1.36. The summed E-state index contributed by atoms with van der Waals surface area (Å²) in [5.74, 6) is 0. The van der Waals surface area contributed by atoms with Gasteiger partial charge in [-0.25, -0.2) is 5.10 Å². The fourth-order valence-corrected chi connectivity index (χ4v) is 0.901. The molecule has 0 unspecified atom stereocenters. The van der Waals surface area contributed by atoms with Crippen molar-refractivity contribution in [3.8, 4) is 0 Å². The lowest BCUT2D eigenvalue weighted by Gasteiger charge is -1.88. The summed E-state index contributed by atoms with van der Waals surface area (Å²) in [6, 6.07) is 1.67. The van der Waals surface area contributed by atoms with Crippen LogP contribution in [0.15, 0.2) is 15.5 Å². The van der Waals surface area contributed by atoms with Crippen LogP contribution in [0.25, 0.3) is 0 Å². The Morgan fingerprint density at radius 1 is 1.78 bits per heavy atom. The van der Waals surface area contributed by atoms with Crippen LogP contribution in [0.3, 0.4) is 0 Å². The van der Waals surface area contributed by atoms with Gasteiger partial charge in [-0.1, -0.05) is 0 Å². The fraction of sp³-hybridized carbons (Fsp3) is 0.200. The van der Waals surface area contributed by atoms with E-state index in [9.17, 15) is 4.79 Å². The van der Waals surface area contributed by atoms with Gasteiger partial charge >= 0.3 is 0 Å². The van der Waals surface area contributed by atoms with Crippen molar-refractivity contribution in [3.63, 3.8) is 0 Å². The minimum Gasteiger partial charge on any atom is -0.268 e. The molecule has 9 heavy (non-hydrogen) atoms. The fourth-order valence-electron chi connectivity index (χ4n) is 0.469. The summed E-state index contributed by atoms with van der Waals surface area (Å²) in [4.78, 5) is 10.6. The Hall–Kier alpha value is -0.640. The molecule has 0 aliphatic carbocycles. The predicted octanol–water partition coefficient (Wildman–Crippen LogP) is 0.841. The van der Waals surface area contributed by atoms with Crippen LogP contribution in [0.5, 0.6) is 0 Å². The maximum atomic E-state index is 10.6. The summed E-state index contributed by atoms with van der Waals surface area (Å²) in [6.45, 7) is 1.73. The van der Waals surface area contributed by atoms with Crippen LogP contribution >= 0.6 is 15.9 Å². The first-order valence-electron chi connectivity index (χ1n) is 2.42. The lowest BCUT2D eigenvalue weighted by molar-refractivity contribution is 0.947. The Balaban J connectivity index is 3.34. The molecule has 1 aromatic heterocycles. The molecular formula is C5H5BrN2O. The van der Waals surface area contributed by atoms with Gasteiger partial charge < -0.3 is 0 Å². The van der Waals surface area contributed by atoms with E-state index in [-0.39, 0.29) is 5.56 Å². The number of aromatic amines is 1. The minimum atomic E-state index is -0.141. The van der Waals surface area contributed by atoms with Crippen molar-refractivity contribution in [1.82, 2.24) is 10.2 Å². The molecule has 0 spiro atoms. The van der Waals surface area contributed by atoms with Crippen LogP contribution in [0.4, 0.5) is 0 Å². The Morgan fingerprint density at radius 2 is 2.44 bits per heavy atom. The van der Waals surface area contributed by atoms with Gasteiger partial charge in [-0.2, -0.15) is 5.10 Å². The van der Waals surface area contributed by atoms with Gasteiger partial charge in [0.05, 0.1) is 0 Å². The Bertz CT molecular complexity index is 268. The zero-order valence-electron chi connectivity index (χ0n) is 4.81. The molecule has 48 valence electrons. The lowest BCUT2D eigenvalue weighted by atomic mass is 10.4. The summed E-state index contributed by atoms with van der Waals surface area (Å²) in [6.07, 6.45) is 0. The Morgan fingerprint density at radius 3 is 2.89 bits per heavy atom. The van der Waals surface area contributed by atoms with E-state index in [2.05, 4.69) is 26.1 Å². The molecule has 0 radical (unpaired) electrons. The van der Waals surface area contributed by atoms with Crippen LogP contribution in [0, 0.1) is 6.92 Å². The Kier molecular flexibility index (Phi) is 1.66. The van der Waals surface area contributed by atoms with Gasteiger partial charge in [0.1, 0.15) is 4.60 Å². The van der Waals surface area contributed by atoms with Crippen LogP contribution in [-0.4, -0.2) is 10.2 Å². The van der Waals surface area contributed by atoms with E-state index < -0.39 is 0 Å². The van der Waals surface area contributed by atoms with Crippen molar-refractivity contribution in [1.29, 1.82) is 0 Å². The van der Waals surface area contributed by atoms with E-state index in [1.807, 2.05) is 0 Å². The molecule has 0 amide bonds. The van der Waals surface area contributed by atoms with Gasteiger partial charge in [0, 0.05) is 5.56 Å². The van der Waals surface area contributed by atoms with Crippen LogP contribution in [0.2, 0.25) is 0 Å². The van der Waals surface area contributed by atoms with Gasteiger partial charge in [-0.15, -0.1) is 0 Å². The molecule has 3 nitrogen and oxygen atoms in total. The second kappa shape index (κ2) is 2.31. The van der Waals surface area contributed by atoms with Gasteiger partial charge in [0.25, 0.3) is 5.56 Å². The number of hydrogen-bond acceptors (Lipinski definition) is 2. The highest BCUT2D eigenvalue weighted by atomic mass is 79.9. The van der Waals surface area contributed by atoms with Crippen molar-refractivity contribution in [3.05, 3.63) is 26.6 Å². The van der Waals surface area contributed by atoms with E-state index in [1.165, 1.54) is 0 Å². The monoisotopic (exact) mass is 188 g/mol. The van der Waals surface area contributed by atoms with E-state index >= 15 is 0 Å². The molecule has 0 aliphatic rings. The molecule has 0 aromatic carbocycles. The van der Waals surface area contributed by atoms with E-state index in [0.29, 0.717) is 10.2 Å². The summed E-state index contributed by atoms with van der Waals surface area (Å²) in [5.41, 5.74) is 0.523. The standard InChI is InChI=1S/C5H5BrN2O/c1-3-2-4(6)7-8-5(3)9/h2H,1H3,(H,8,9). The van der Waals surface area contributed by atoms with Crippen LogP contribution in [-0.2, 0) is 0 Å². The molecule has 1 N–H and O–H groups in total. The zero-order chi connectivity index (χ0) is 6.85. The van der Waals surface area contributed by atoms with Crippen molar-refractivity contribution < 1.29 is 0 Å². The van der Waals surface area contributed by atoms with E-state index in [1.54, 1.807) is 13.0 Å². The smallest absolute Gasteiger partial charge is 0.267 e. The first-order valence-corrected chi connectivity index (χ1v) is 3.21. The van der Waals surface area contributed by atoms with Crippen molar-refractivity contribution in [2.75, 3.05) is 0 Å². The highest BCUT2D eigenvalue weighted by Gasteiger charge is 1.92. The second-order valence-corrected chi connectivity index (χ2v) is 2.52. The number of hydrogen-bond donors (Lipinski definition) is 1. The van der Waals surface area contributed by atoms with Crippen LogP contribution < -0.4 is 5.56 Å². The number of halogens is 1. The van der Waals surface area contributed by atoms with Gasteiger partial charge in [0.15, 0.2) is 0 Å². The molecule has 0 bridgehead atoms. The number of H-pyrrole nitrogens is 1. The maximum absolute atomic E-state index is 10.6. The van der Waals surface area contributed by atoms with E-state index in [0.717, 1.165) is 0 Å². The first kappa shape index (κ1) is 6.48. The lowest BCUT2D eigenvalue weighted by Crippen LogP contribution is -2.10. The van der Waals surface area contributed by atoms with E-state index in [4.69, 9.17) is 0 Å². The molecule has 0 atom stereocenters. The van der Waals surface area contributed by atoms with Gasteiger partial charge in [-0.05, 0) is 28.9 Å². The second-order valence-electron chi connectivity index (χ2n) is 1.70. The topological polar surface area (TPSA) is 45.8 Å². The highest BCUT2D eigenvalue weighted by molar-refractivity contribution is 9.10. The predicted molar refractivity (Wildman–Crippen MR) is 37.3 cm³/mol. The summed E-state index contributed by atoms with van der Waals surface area (Å²) in [7, 11) is 0. The number of aromatic nitrogens is 2. The first-order chi connectivity index (χ1) is 4.20. The molecule has 1 aromatic rings. The summed E-state index contributed by atoms with van der Waals surface area (Å²) >= 11 is 3.12. The quantitative estimate of drug-likeness (QED) is 0.657. The molecule has 0 saturated carbocycles. The largest absolute Gasteiger partial charge is 0.268 e. The third-order valence-electron chi connectivity index (χ3n) is 0.958. The summed E-state index contributed by atoms with van der Waals surface area (Å²) < 4.78 is 0.652. The molecule has 1 rings (SSSR count). The zero-order valence-corrected chi connectivity index (χ0v) is 6.40. The maximum Gasteiger partial charge on any atom is 0.267 e. The SMILES string of the molecule is Cc1cc(Br)n[nH]c1=O. The van der Waals surface area contributed by atoms with Crippen LogP contribution in [0.1, 0.15) is 5.56 Å². The van der Waals surface area contributed by atoms with Crippen molar-refractivity contribution >= 4 is 15.9 Å². The average Bonchev–Trinajstić information content (AvgIpc) is 1.80. The van der Waals surface area contributed by atoms with Crippen molar-refractivity contribution in [2.24, 2.45) is 0 Å². The van der Waals surface area contributed by atoms with Gasteiger partial charge in [0.2, 0.25) is 0 Å². The average molecular weight is 189 g/mol. The molecule has 0 aliphatic heterocycles. The molecule has 0 saturated heterocycles.